The SMILES string of the molecule is Cc1cc(=O)[nH]c2cc(C(Br)C3OCCO3)ccc12. The molecule has 0 aliphatic carbocycles. The summed E-state index contributed by atoms with van der Waals surface area (Å²) in [5.74, 6) is 0. The van der Waals surface area contributed by atoms with Gasteiger partial charge in [-0.05, 0) is 24.1 Å². The number of aryl methyl sites for hydroxylation is 1. The summed E-state index contributed by atoms with van der Waals surface area (Å²) in [6, 6.07) is 7.61. The van der Waals surface area contributed by atoms with Crippen molar-refractivity contribution >= 4 is 26.8 Å². The molecule has 5 heteroatoms. The molecule has 0 spiro atoms. The number of aromatic nitrogens is 1. The van der Waals surface area contributed by atoms with E-state index in [4.69, 9.17) is 9.47 Å². The van der Waals surface area contributed by atoms with Crippen molar-refractivity contribution in [3.8, 4) is 0 Å². The fourth-order valence-corrected chi connectivity index (χ4v) is 2.92. The Morgan fingerprint density at radius 1 is 1.32 bits per heavy atom. The number of benzene rings is 1. The van der Waals surface area contributed by atoms with Crippen LogP contribution in [0.3, 0.4) is 0 Å². The molecule has 1 atom stereocenters. The van der Waals surface area contributed by atoms with Crippen LogP contribution in [0.5, 0.6) is 0 Å². The zero-order valence-electron chi connectivity index (χ0n) is 10.5. The summed E-state index contributed by atoms with van der Waals surface area (Å²) in [7, 11) is 0. The van der Waals surface area contributed by atoms with Crippen LogP contribution in [0.4, 0.5) is 0 Å². The minimum Gasteiger partial charge on any atom is -0.349 e. The molecule has 19 heavy (non-hydrogen) atoms. The number of nitrogens with one attached hydrogen (secondary N) is 1. The second-order valence-electron chi connectivity index (χ2n) is 4.63. The van der Waals surface area contributed by atoms with Crippen LogP contribution in [0, 0.1) is 6.92 Å². The van der Waals surface area contributed by atoms with E-state index >= 15 is 0 Å². The van der Waals surface area contributed by atoms with Gasteiger partial charge in [0, 0.05) is 17.0 Å². The molecule has 1 aromatic carbocycles. The molecule has 1 aliphatic rings. The number of rotatable bonds is 2. The molecule has 2 heterocycles. The predicted octanol–water partition coefficient (Wildman–Crippen LogP) is 2.65. The number of ether oxygens (including phenoxy) is 2. The number of hydrogen-bond acceptors (Lipinski definition) is 3. The van der Waals surface area contributed by atoms with Crippen LogP contribution < -0.4 is 5.56 Å². The van der Waals surface area contributed by atoms with Crippen molar-refractivity contribution in [3.05, 3.63) is 45.7 Å². The molecular weight excluding hydrogens is 310 g/mol. The van der Waals surface area contributed by atoms with Gasteiger partial charge in [0.2, 0.25) is 5.56 Å². The van der Waals surface area contributed by atoms with Crippen molar-refractivity contribution < 1.29 is 9.47 Å². The number of hydrogen-bond donors (Lipinski definition) is 1. The minimum absolute atomic E-state index is 0.0385. The monoisotopic (exact) mass is 323 g/mol. The van der Waals surface area contributed by atoms with Crippen molar-refractivity contribution in [2.75, 3.05) is 13.2 Å². The van der Waals surface area contributed by atoms with Crippen LogP contribution >= 0.6 is 15.9 Å². The maximum absolute atomic E-state index is 11.5. The van der Waals surface area contributed by atoms with Gasteiger partial charge in [-0.25, -0.2) is 0 Å². The standard InChI is InChI=1S/C14H14BrNO3/c1-8-6-12(17)16-11-7-9(2-3-10(8)11)13(15)14-18-4-5-19-14/h2-3,6-7,13-14H,4-5H2,1H3,(H,16,17). The molecule has 4 nitrogen and oxygen atoms in total. The van der Waals surface area contributed by atoms with Crippen LogP contribution in [-0.4, -0.2) is 24.5 Å². The molecule has 1 saturated heterocycles. The summed E-state index contributed by atoms with van der Waals surface area (Å²) in [5.41, 5.74) is 2.76. The lowest BCUT2D eigenvalue weighted by Crippen LogP contribution is -2.14. The minimum atomic E-state index is -0.269. The third-order valence-corrected chi connectivity index (χ3v) is 4.24. The highest BCUT2D eigenvalue weighted by Gasteiger charge is 2.26. The Hall–Kier alpha value is -1.17. The van der Waals surface area contributed by atoms with E-state index in [1.54, 1.807) is 6.07 Å². The third kappa shape index (κ3) is 2.45. The summed E-state index contributed by atoms with van der Waals surface area (Å²) >= 11 is 3.59. The zero-order valence-corrected chi connectivity index (χ0v) is 12.1. The highest BCUT2D eigenvalue weighted by atomic mass is 79.9. The molecule has 100 valence electrons. The number of aromatic amines is 1. The molecule has 1 fully saturated rings. The Morgan fingerprint density at radius 3 is 2.79 bits per heavy atom. The fourth-order valence-electron chi connectivity index (χ4n) is 2.33. The number of alkyl halides is 1. The van der Waals surface area contributed by atoms with Gasteiger partial charge < -0.3 is 14.5 Å². The van der Waals surface area contributed by atoms with Gasteiger partial charge in [0.15, 0.2) is 6.29 Å². The van der Waals surface area contributed by atoms with Crippen LogP contribution in [0.15, 0.2) is 29.1 Å². The average Bonchev–Trinajstić information content (AvgIpc) is 2.90. The summed E-state index contributed by atoms with van der Waals surface area (Å²) in [4.78, 5) is 14.3. The first-order chi connectivity index (χ1) is 9.15. The Morgan fingerprint density at radius 2 is 2.05 bits per heavy atom. The Labute approximate surface area is 118 Å². The molecule has 3 rings (SSSR count). The van der Waals surface area contributed by atoms with Crippen LogP contribution in [-0.2, 0) is 9.47 Å². The Balaban J connectivity index is 2.03. The first-order valence-corrected chi connectivity index (χ1v) is 7.07. The van der Waals surface area contributed by atoms with Crippen molar-refractivity contribution in [2.24, 2.45) is 0 Å². The second kappa shape index (κ2) is 5.07. The molecule has 1 aliphatic heterocycles. The fraction of sp³-hybridized carbons (Fsp3) is 0.357. The molecule has 1 aromatic heterocycles. The van der Waals surface area contributed by atoms with Crippen molar-refractivity contribution in [3.63, 3.8) is 0 Å². The van der Waals surface area contributed by atoms with E-state index in [9.17, 15) is 4.79 Å². The quantitative estimate of drug-likeness (QED) is 0.864. The maximum atomic E-state index is 11.5. The van der Waals surface area contributed by atoms with E-state index in [2.05, 4.69) is 20.9 Å². The molecule has 1 N–H and O–H groups in total. The molecule has 0 saturated carbocycles. The molecule has 0 amide bonds. The highest BCUT2D eigenvalue weighted by molar-refractivity contribution is 9.09. The normalized spacial score (nSPS) is 18.0. The van der Waals surface area contributed by atoms with Crippen LogP contribution in [0.2, 0.25) is 0 Å². The predicted molar refractivity (Wildman–Crippen MR) is 76.7 cm³/mol. The third-order valence-electron chi connectivity index (χ3n) is 3.28. The topological polar surface area (TPSA) is 51.3 Å². The van der Waals surface area contributed by atoms with Gasteiger partial charge in [-0.2, -0.15) is 0 Å². The van der Waals surface area contributed by atoms with Crippen LogP contribution in [0.25, 0.3) is 10.9 Å². The van der Waals surface area contributed by atoms with Gasteiger partial charge >= 0.3 is 0 Å². The lowest BCUT2D eigenvalue weighted by Gasteiger charge is -2.17. The molecular formula is C14H14BrNO3. The van der Waals surface area contributed by atoms with Gasteiger partial charge in [0.25, 0.3) is 0 Å². The van der Waals surface area contributed by atoms with Gasteiger partial charge in [0.05, 0.1) is 18.0 Å². The van der Waals surface area contributed by atoms with E-state index in [1.807, 2.05) is 25.1 Å². The zero-order chi connectivity index (χ0) is 13.4. The number of H-pyrrole nitrogens is 1. The van der Waals surface area contributed by atoms with Gasteiger partial charge in [-0.15, -0.1) is 0 Å². The molecule has 0 radical (unpaired) electrons. The summed E-state index contributed by atoms with van der Waals surface area (Å²) in [6.07, 6.45) is -0.269. The Bertz CT molecular complexity index is 661. The molecule has 2 aromatic rings. The largest absolute Gasteiger partial charge is 0.349 e. The number of fused-ring (bicyclic) bond motifs is 1. The van der Waals surface area contributed by atoms with Gasteiger partial charge in [-0.3, -0.25) is 4.79 Å². The van der Waals surface area contributed by atoms with Crippen molar-refractivity contribution in [1.29, 1.82) is 0 Å². The number of pyridine rings is 1. The lowest BCUT2D eigenvalue weighted by molar-refractivity contribution is -0.0408. The summed E-state index contributed by atoms with van der Waals surface area (Å²) < 4.78 is 11.0. The van der Waals surface area contributed by atoms with E-state index in [0.717, 1.165) is 22.0 Å². The van der Waals surface area contributed by atoms with Crippen molar-refractivity contribution in [2.45, 2.75) is 18.0 Å². The first kappa shape index (κ1) is 12.8. The van der Waals surface area contributed by atoms with Crippen LogP contribution in [0.1, 0.15) is 16.0 Å². The van der Waals surface area contributed by atoms with E-state index in [-0.39, 0.29) is 16.7 Å². The van der Waals surface area contributed by atoms with E-state index < -0.39 is 0 Å². The average molecular weight is 324 g/mol. The van der Waals surface area contributed by atoms with Gasteiger partial charge in [-0.1, -0.05) is 28.1 Å². The molecule has 1 unspecified atom stereocenters. The smallest absolute Gasteiger partial charge is 0.248 e. The van der Waals surface area contributed by atoms with Crippen molar-refractivity contribution in [1.82, 2.24) is 4.98 Å². The van der Waals surface area contributed by atoms with E-state index in [1.165, 1.54) is 0 Å². The lowest BCUT2D eigenvalue weighted by atomic mass is 10.1. The van der Waals surface area contributed by atoms with E-state index in [0.29, 0.717) is 13.2 Å². The first-order valence-electron chi connectivity index (χ1n) is 6.16. The Kier molecular flexibility index (Phi) is 3.43. The summed E-state index contributed by atoms with van der Waals surface area (Å²) in [5, 5.41) is 1.05. The van der Waals surface area contributed by atoms with Gasteiger partial charge in [0.1, 0.15) is 0 Å². The molecule has 0 bridgehead atoms. The second-order valence-corrected chi connectivity index (χ2v) is 5.62. The maximum Gasteiger partial charge on any atom is 0.248 e. The highest BCUT2D eigenvalue weighted by Crippen LogP contribution is 2.32. The number of halogens is 1. The summed E-state index contributed by atoms with van der Waals surface area (Å²) in [6.45, 7) is 3.18.